The van der Waals surface area contributed by atoms with Crippen molar-refractivity contribution >= 4 is 23.4 Å². The van der Waals surface area contributed by atoms with E-state index in [0.29, 0.717) is 11.4 Å². The van der Waals surface area contributed by atoms with Gasteiger partial charge >= 0.3 is 0 Å². The van der Waals surface area contributed by atoms with Crippen LogP contribution in [0.1, 0.15) is 5.56 Å². The molecule has 5 heteroatoms. The molecule has 0 fully saturated rings. The highest BCUT2D eigenvalue weighted by molar-refractivity contribution is 7.99. The van der Waals surface area contributed by atoms with Gasteiger partial charge in [0, 0.05) is 11.9 Å². The van der Waals surface area contributed by atoms with Gasteiger partial charge < -0.3 is 10.4 Å². The average Bonchev–Trinajstić information content (AvgIpc) is 2.42. The van der Waals surface area contributed by atoms with Gasteiger partial charge in [0.25, 0.3) is 0 Å². The van der Waals surface area contributed by atoms with Gasteiger partial charge in [0.1, 0.15) is 5.75 Å². The van der Waals surface area contributed by atoms with Crippen LogP contribution in [0.4, 0.5) is 5.69 Å². The summed E-state index contributed by atoms with van der Waals surface area (Å²) in [6.45, 7) is 1.79. The number of pyridine rings is 1. The van der Waals surface area contributed by atoms with E-state index in [9.17, 15) is 9.90 Å². The topological polar surface area (TPSA) is 62.2 Å². The molecule has 1 aromatic heterocycles. The first-order valence-corrected chi connectivity index (χ1v) is 6.77. The Balaban J connectivity index is 1.89. The van der Waals surface area contributed by atoms with Crippen molar-refractivity contribution in [2.24, 2.45) is 0 Å². The predicted octanol–water partition coefficient (Wildman–Crippen LogP) is 2.83. The lowest BCUT2D eigenvalue weighted by Gasteiger charge is -2.06. The highest BCUT2D eigenvalue weighted by atomic mass is 32.2. The Kier molecular flexibility index (Phi) is 4.41. The normalized spacial score (nSPS) is 10.2. The Labute approximate surface area is 115 Å². The molecule has 0 saturated carbocycles. The van der Waals surface area contributed by atoms with Crippen molar-refractivity contribution < 1.29 is 9.90 Å². The van der Waals surface area contributed by atoms with Crippen molar-refractivity contribution in [1.82, 2.24) is 4.98 Å². The monoisotopic (exact) mass is 274 g/mol. The number of benzene rings is 1. The summed E-state index contributed by atoms with van der Waals surface area (Å²) in [6.07, 6.45) is 1.70. The van der Waals surface area contributed by atoms with Crippen molar-refractivity contribution in [2.75, 3.05) is 11.1 Å². The lowest BCUT2D eigenvalue weighted by atomic mass is 10.2. The number of anilines is 1. The third kappa shape index (κ3) is 3.99. The number of nitrogens with one attached hydrogen (secondary N) is 1. The minimum atomic E-state index is -0.0965. The molecule has 0 aliphatic carbocycles. The van der Waals surface area contributed by atoms with Crippen molar-refractivity contribution in [3.05, 3.63) is 48.2 Å². The van der Waals surface area contributed by atoms with E-state index >= 15 is 0 Å². The number of aryl methyl sites for hydroxylation is 1. The molecule has 1 aromatic carbocycles. The third-order valence-corrected chi connectivity index (χ3v) is 3.41. The Bertz CT molecular complexity index is 573. The number of hydrogen-bond acceptors (Lipinski definition) is 4. The summed E-state index contributed by atoms with van der Waals surface area (Å²) in [5, 5.41) is 13.0. The maximum Gasteiger partial charge on any atom is 0.234 e. The average molecular weight is 274 g/mol. The second-order valence-electron chi connectivity index (χ2n) is 4.01. The van der Waals surface area contributed by atoms with Crippen LogP contribution in [0.15, 0.2) is 47.6 Å². The van der Waals surface area contributed by atoms with Gasteiger partial charge in [0.05, 0.1) is 10.8 Å². The molecule has 0 saturated heterocycles. The smallest absolute Gasteiger partial charge is 0.234 e. The van der Waals surface area contributed by atoms with Gasteiger partial charge in [-0.3, -0.25) is 4.79 Å². The molecule has 1 heterocycles. The number of amides is 1. The molecule has 0 bridgehead atoms. The summed E-state index contributed by atoms with van der Waals surface area (Å²) in [4.78, 5) is 15.9. The van der Waals surface area contributed by atoms with Crippen molar-refractivity contribution in [3.63, 3.8) is 0 Å². The van der Waals surface area contributed by atoms with Crippen molar-refractivity contribution in [1.29, 1.82) is 0 Å². The highest BCUT2D eigenvalue weighted by Gasteiger charge is 2.05. The van der Waals surface area contributed by atoms with E-state index in [0.717, 1.165) is 10.6 Å². The van der Waals surface area contributed by atoms with E-state index < -0.39 is 0 Å². The number of thioether (sulfide) groups is 1. The molecule has 1 amide bonds. The summed E-state index contributed by atoms with van der Waals surface area (Å²) >= 11 is 1.38. The zero-order chi connectivity index (χ0) is 13.7. The molecular weight excluding hydrogens is 260 g/mol. The van der Waals surface area contributed by atoms with Crippen LogP contribution in [0.5, 0.6) is 5.75 Å². The third-order valence-electron chi connectivity index (χ3n) is 2.47. The Morgan fingerprint density at radius 1 is 1.37 bits per heavy atom. The van der Waals surface area contributed by atoms with Gasteiger partial charge in [-0.2, -0.15) is 0 Å². The van der Waals surface area contributed by atoms with E-state index in [1.54, 1.807) is 31.3 Å². The summed E-state index contributed by atoms with van der Waals surface area (Å²) in [7, 11) is 0. The fourth-order valence-electron chi connectivity index (χ4n) is 1.50. The largest absolute Gasteiger partial charge is 0.508 e. The molecule has 0 unspecified atom stereocenters. The standard InChI is InChI=1S/C14H14N2O2S/c1-10-8-11(5-6-12(10)17)16-13(18)9-19-14-4-2-3-7-15-14/h2-8,17H,9H2,1H3,(H,16,18). The van der Waals surface area contributed by atoms with Gasteiger partial charge in [0.15, 0.2) is 0 Å². The summed E-state index contributed by atoms with van der Waals surface area (Å²) in [5.41, 5.74) is 1.41. The summed E-state index contributed by atoms with van der Waals surface area (Å²) < 4.78 is 0. The molecule has 0 aliphatic rings. The Morgan fingerprint density at radius 2 is 2.21 bits per heavy atom. The second kappa shape index (κ2) is 6.24. The lowest BCUT2D eigenvalue weighted by Crippen LogP contribution is -2.14. The van der Waals surface area contributed by atoms with E-state index in [1.807, 2.05) is 18.2 Å². The molecule has 2 N–H and O–H groups in total. The lowest BCUT2D eigenvalue weighted by molar-refractivity contribution is -0.113. The molecule has 4 nitrogen and oxygen atoms in total. The molecule has 19 heavy (non-hydrogen) atoms. The highest BCUT2D eigenvalue weighted by Crippen LogP contribution is 2.20. The van der Waals surface area contributed by atoms with Gasteiger partial charge in [-0.1, -0.05) is 17.8 Å². The van der Waals surface area contributed by atoms with Crippen LogP contribution in [0.2, 0.25) is 0 Å². The number of phenolic OH excluding ortho intramolecular Hbond substituents is 1. The number of rotatable bonds is 4. The molecule has 0 radical (unpaired) electrons. The molecule has 98 valence electrons. The quantitative estimate of drug-likeness (QED) is 0.665. The maximum atomic E-state index is 11.8. The second-order valence-corrected chi connectivity index (χ2v) is 5.00. The van der Waals surface area contributed by atoms with Gasteiger partial charge in [-0.25, -0.2) is 4.98 Å². The van der Waals surface area contributed by atoms with Gasteiger partial charge in [-0.05, 0) is 42.8 Å². The Hall–Kier alpha value is -2.01. The molecular formula is C14H14N2O2S. The Morgan fingerprint density at radius 3 is 2.89 bits per heavy atom. The fraction of sp³-hybridized carbons (Fsp3) is 0.143. The number of phenols is 1. The van der Waals surface area contributed by atoms with Gasteiger partial charge in [0.2, 0.25) is 5.91 Å². The van der Waals surface area contributed by atoms with E-state index in [-0.39, 0.29) is 11.7 Å². The van der Waals surface area contributed by atoms with Crippen LogP contribution < -0.4 is 5.32 Å². The van der Waals surface area contributed by atoms with Crippen LogP contribution >= 0.6 is 11.8 Å². The SMILES string of the molecule is Cc1cc(NC(=O)CSc2ccccn2)ccc1O. The predicted molar refractivity (Wildman–Crippen MR) is 76.4 cm³/mol. The minimum absolute atomic E-state index is 0.0965. The van der Waals surface area contributed by atoms with Crippen LogP contribution in [-0.4, -0.2) is 21.8 Å². The van der Waals surface area contributed by atoms with E-state index in [1.165, 1.54) is 11.8 Å². The number of carbonyl (C=O) groups excluding carboxylic acids is 1. The van der Waals surface area contributed by atoms with Crippen LogP contribution in [0, 0.1) is 6.92 Å². The number of carbonyl (C=O) groups is 1. The van der Waals surface area contributed by atoms with E-state index in [4.69, 9.17) is 0 Å². The maximum absolute atomic E-state index is 11.8. The van der Waals surface area contributed by atoms with E-state index in [2.05, 4.69) is 10.3 Å². The zero-order valence-electron chi connectivity index (χ0n) is 10.5. The first-order chi connectivity index (χ1) is 9.15. The molecule has 2 rings (SSSR count). The summed E-state index contributed by atoms with van der Waals surface area (Å²) in [5.74, 6) is 0.429. The molecule has 0 atom stereocenters. The molecule has 0 spiro atoms. The van der Waals surface area contributed by atoms with Crippen LogP contribution in [0.3, 0.4) is 0 Å². The fourth-order valence-corrected chi connectivity index (χ4v) is 2.16. The van der Waals surface area contributed by atoms with Crippen molar-refractivity contribution in [3.8, 4) is 5.75 Å². The molecule has 2 aromatic rings. The van der Waals surface area contributed by atoms with Crippen molar-refractivity contribution in [2.45, 2.75) is 11.9 Å². The first kappa shape index (κ1) is 13.4. The molecule has 0 aliphatic heterocycles. The first-order valence-electron chi connectivity index (χ1n) is 5.78. The van der Waals surface area contributed by atoms with Crippen LogP contribution in [-0.2, 0) is 4.79 Å². The van der Waals surface area contributed by atoms with Gasteiger partial charge in [-0.15, -0.1) is 0 Å². The number of aromatic nitrogens is 1. The minimum Gasteiger partial charge on any atom is -0.508 e. The summed E-state index contributed by atoms with van der Waals surface area (Å²) in [6, 6.07) is 10.6. The van der Waals surface area contributed by atoms with Crippen LogP contribution in [0.25, 0.3) is 0 Å². The number of aromatic hydroxyl groups is 1. The number of nitrogens with zero attached hydrogens (tertiary/aromatic N) is 1. The zero-order valence-corrected chi connectivity index (χ0v) is 11.3. The number of hydrogen-bond donors (Lipinski definition) is 2.